The van der Waals surface area contributed by atoms with Crippen LogP contribution in [-0.4, -0.2) is 20.8 Å². The van der Waals surface area contributed by atoms with Gasteiger partial charge in [-0.15, -0.1) is 0 Å². The molecule has 0 radical (unpaired) electrons. The average Bonchev–Trinajstić information content (AvgIpc) is 2.63. The Bertz CT molecular complexity index is 329. The van der Waals surface area contributed by atoms with Crippen molar-refractivity contribution in [1.29, 1.82) is 0 Å². The lowest BCUT2D eigenvalue weighted by atomic mass is 10.0. The molecule has 0 aromatic carbocycles. The minimum absolute atomic E-state index is 0.0882. The van der Waals surface area contributed by atoms with Gasteiger partial charge in [0.2, 0.25) is 0 Å². The summed E-state index contributed by atoms with van der Waals surface area (Å²) in [6.45, 7) is 0. The molecular formula is C10H17ClN4S. The van der Waals surface area contributed by atoms with Crippen molar-refractivity contribution in [2.24, 2.45) is 12.9 Å². The van der Waals surface area contributed by atoms with E-state index in [9.17, 15) is 0 Å². The van der Waals surface area contributed by atoms with Crippen molar-refractivity contribution in [2.45, 2.75) is 30.6 Å². The fraction of sp³-hybridized carbons (Fsp3) is 0.700. The SMILES string of the molecule is Cn1ncc(Cl)c1C(NN)C1CCCCS1. The molecule has 2 unspecified atom stereocenters. The molecule has 0 saturated carbocycles. The largest absolute Gasteiger partial charge is 0.271 e. The van der Waals surface area contributed by atoms with Gasteiger partial charge in [0, 0.05) is 12.3 Å². The third-order valence-corrected chi connectivity index (χ3v) is 4.75. The molecule has 4 nitrogen and oxygen atoms in total. The summed E-state index contributed by atoms with van der Waals surface area (Å²) in [4.78, 5) is 0. The van der Waals surface area contributed by atoms with E-state index in [0.717, 1.165) is 5.69 Å². The van der Waals surface area contributed by atoms with Gasteiger partial charge in [-0.25, -0.2) is 0 Å². The van der Waals surface area contributed by atoms with Crippen molar-refractivity contribution < 1.29 is 0 Å². The number of nitrogens with one attached hydrogen (secondary N) is 1. The third-order valence-electron chi connectivity index (χ3n) is 3.00. The molecule has 1 aliphatic heterocycles. The van der Waals surface area contributed by atoms with E-state index in [1.165, 1.54) is 25.0 Å². The van der Waals surface area contributed by atoms with Crippen molar-refractivity contribution in [3.63, 3.8) is 0 Å². The van der Waals surface area contributed by atoms with Gasteiger partial charge in [-0.1, -0.05) is 18.0 Å². The highest BCUT2D eigenvalue weighted by Gasteiger charge is 2.28. The van der Waals surface area contributed by atoms with E-state index in [1.807, 2.05) is 23.5 Å². The number of nitrogens with zero attached hydrogens (tertiary/aromatic N) is 2. The van der Waals surface area contributed by atoms with Crippen LogP contribution in [0.1, 0.15) is 31.0 Å². The highest BCUT2D eigenvalue weighted by Crippen LogP contribution is 2.36. The van der Waals surface area contributed by atoms with Crippen LogP contribution in [0.3, 0.4) is 0 Å². The Kier molecular flexibility index (Phi) is 4.13. The lowest BCUT2D eigenvalue weighted by Crippen LogP contribution is -2.37. The minimum Gasteiger partial charge on any atom is -0.271 e. The Morgan fingerprint density at radius 2 is 2.50 bits per heavy atom. The summed E-state index contributed by atoms with van der Waals surface area (Å²) in [5, 5.41) is 5.34. The van der Waals surface area contributed by atoms with Crippen molar-refractivity contribution in [3.05, 3.63) is 16.9 Å². The standard InChI is InChI=1S/C10H17ClN4S/c1-15-10(7(11)6-13-15)9(14-12)8-4-2-3-5-16-8/h6,8-9,14H,2-5,12H2,1H3. The smallest absolute Gasteiger partial charge is 0.0834 e. The number of hydrogen-bond acceptors (Lipinski definition) is 4. The molecule has 1 saturated heterocycles. The number of hydrazine groups is 1. The van der Waals surface area contributed by atoms with Crippen molar-refractivity contribution in [1.82, 2.24) is 15.2 Å². The number of rotatable bonds is 3. The molecule has 6 heteroatoms. The molecule has 0 amide bonds. The van der Waals surface area contributed by atoms with Crippen LogP contribution < -0.4 is 11.3 Å². The van der Waals surface area contributed by atoms with Crippen molar-refractivity contribution >= 4 is 23.4 Å². The predicted octanol–water partition coefficient (Wildman–Crippen LogP) is 1.86. The van der Waals surface area contributed by atoms with E-state index >= 15 is 0 Å². The number of nitrogens with two attached hydrogens (primary N) is 1. The summed E-state index contributed by atoms with van der Waals surface area (Å²) in [5.41, 5.74) is 3.88. The molecule has 90 valence electrons. The molecule has 2 heterocycles. The summed E-state index contributed by atoms with van der Waals surface area (Å²) in [6.07, 6.45) is 5.43. The molecule has 3 N–H and O–H groups in total. The van der Waals surface area contributed by atoms with Crippen LogP contribution in [0, 0.1) is 0 Å². The summed E-state index contributed by atoms with van der Waals surface area (Å²) in [5.74, 6) is 6.88. The fourth-order valence-corrected chi connectivity index (χ4v) is 3.85. The van der Waals surface area contributed by atoms with Crippen LogP contribution in [0.25, 0.3) is 0 Å². The normalized spacial score (nSPS) is 23.3. The van der Waals surface area contributed by atoms with E-state index in [0.29, 0.717) is 10.3 Å². The predicted molar refractivity (Wildman–Crippen MR) is 68.4 cm³/mol. The van der Waals surface area contributed by atoms with Crippen molar-refractivity contribution in [3.8, 4) is 0 Å². The molecular weight excluding hydrogens is 244 g/mol. The summed E-state index contributed by atoms with van der Waals surface area (Å²) >= 11 is 8.12. The van der Waals surface area contributed by atoms with E-state index in [-0.39, 0.29) is 6.04 Å². The second-order valence-corrected chi connectivity index (χ2v) is 5.80. The van der Waals surface area contributed by atoms with Crippen LogP contribution in [0.4, 0.5) is 0 Å². The van der Waals surface area contributed by atoms with Crippen molar-refractivity contribution in [2.75, 3.05) is 5.75 Å². The van der Waals surface area contributed by atoms with E-state index in [4.69, 9.17) is 17.4 Å². The monoisotopic (exact) mass is 260 g/mol. The van der Waals surface area contributed by atoms with Gasteiger partial charge in [0.15, 0.2) is 0 Å². The Morgan fingerprint density at radius 1 is 1.69 bits per heavy atom. The number of thioether (sulfide) groups is 1. The van der Waals surface area contributed by atoms with Gasteiger partial charge in [-0.3, -0.25) is 16.0 Å². The molecule has 0 aliphatic carbocycles. The molecule has 16 heavy (non-hydrogen) atoms. The second-order valence-electron chi connectivity index (χ2n) is 4.05. The maximum Gasteiger partial charge on any atom is 0.0834 e. The van der Waals surface area contributed by atoms with Crippen LogP contribution in [0.15, 0.2) is 6.20 Å². The van der Waals surface area contributed by atoms with Gasteiger partial charge in [0.05, 0.1) is 23.0 Å². The van der Waals surface area contributed by atoms with Gasteiger partial charge in [0.1, 0.15) is 0 Å². The van der Waals surface area contributed by atoms with Gasteiger partial charge >= 0.3 is 0 Å². The highest BCUT2D eigenvalue weighted by atomic mass is 35.5. The maximum atomic E-state index is 6.15. The fourth-order valence-electron chi connectivity index (χ4n) is 2.16. The maximum absolute atomic E-state index is 6.15. The minimum atomic E-state index is 0.0882. The number of aromatic nitrogens is 2. The van der Waals surface area contributed by atoms with Crippen LogP contribution in [0.2, 0.25) is 5.02 Å². The first kappa shape index (κ1) is 12.2. The Balaban J connectivity index is 2.21. The van der Waals surface area contributed by atoms with Gasteiger partial charge < -0.3 is 0 Å². The molecule has 2 rings (SSSR count). The zero-order valence-electron chi connectivity index (χ0n) is 9.32. The van der Waals surface area contributed by atoms with E-state index in [2.05, 4.69) is 10.5 Å². The Morgan fingerprint density at radius 3 is 3.00 bits per heavy atom. The number of aryl methyl sites for hydroxylation is 1. The summed E-state index contributed by atoms with van der Waals surface area (Å²) < 4.78 is 1.81. The lowest BCUT2D eigenvalue weighted by Gasteiger charge is -2.29. The zero-order chi connectivity index (χ0) is 11.5. The number of halogens is 1. The first-order valence-electron chi connectivity index (χ1n) is 5.49. The molecule has 1 fully saturated rings. The summed E-state index contributed by atoms with van der Waals surface area (Å²) in [6, 6.07) is 0.0882. The molecule has 1 aliphatic rings. The van der Waals surface area contributed by atoms with Gasteiger partial charge in [-0.05, 0) is 18.6 Å². The van der Waals surface area contributed by atoms with Crippen LogP contribution >= 0.6 is 23.4 Å². The zero-order valence-corrected chi connectivity index (χ0v) is 10.9. The third kappa shape index (κ3) is 2.37. The Labute approximate surface area is 105 Å². The second kappa shape index (κ2) is 5.40. The van der Waals surface area contributed by atoms with E-state index < -0.39 is 0 Å². The number of hydrogen-bond donors (Lipinski definition) is 2. The Hall–Kier alpha value is -0.230. The van der Waals surface area contributed by atoms with Gasteiger partial charge in [0.25, 0.3) is 0 Å². The first-order valence-corrected chi connectivity index (χ1v) is 6.92. The molecule has 1 aromatic heterocycles. The average molecular weight is 261 g/mol. The quantitative estimate of drug-likeness (QED) is 0.644. The molecule has 0 bridgehead atoms. The molecule has 0 spiro atoms. The molecule has 2 atom stereocenters. The lowest BCUT2D eigenvalue weighted by molar-refractivity contribution is 0.463. The molecule has 1 aromatic rings. The van der Waals surface area contributed by atoms with Gasteiger partial charge in [-0.2, -0.15) is 16.9 Å². The first-order chi connectivity index (χ1) is 7.74. The van der Waals surface area contributed by atoms with Crippen LogP contribution in [-0.2, 0) is 7.05 Å². The topological polar surface area (TPSA) is 55.9 Å². The van der Waals surface area contributed by atoms with E-state index in [1.54, 1.807) is 6.20 Å². The summed E-state index contributed by atoms with van der Waals surface area (Å²) in [7, 11) is 1.90. The van der Waals surface area contributed by atoms with Crippen LogP contribution in [0.5, 0.6) is 0 Å². The highest BCUT2D eigenvalue weighted by molar-refractivity contribution is 8.00.